The average molecular weight is 1220 g/mol. The van der Waals surface area contributed by atoms with Crippen molar-refractivity contribution in [2.45, 2.75) is 112 Å². The number of unbranched alkanes of at least 4 members (excludes halogenated alkanes) is 3. The summed E-state index contributed by atoms with van der Waals surface area (Å²) in [6, 6.07) is 39.5. The number of hydrogen-bond acceptors (Lipinski definition) is 14. The Morgan fingerprint density at radius 2 is 0.918 bits per heavy atom. The lowest BCUT2D eigenvalue weighted by molar-refractivity contribution is 0.0714. The molecule has 0 saturated heterocycles. The molecule has 0 bridgehead atoms. The molecule has 4 heterocycles. The summed E-state index contributed by atoms with van der Waals surface area (Å²) in [6.45, 7) is 15.8. The molecule has 0 spiro atoms. The highest BCUT2D eigenvalue weighted by atomic mass is 32.2. The van der Waals surface area contributed by atoms with Gasteiger partial charge in [0.2, 0.25) is 0 Å². The monoisotopic (exact) mass is 1220 g/mol. The second-order valence-corrected chi connectivity index (χ2v) is 27.9. The molecule has 3 unspecified atom stereocenters. The molecule has 0 saturated carbocycles. The van der Waals surface area contributed by atoms with Gasteiger partial charge in [-0.25, -0.2) is 25.3 Å². The first-order valence-corrected chi connectivity index (χ1v) is 33.7. The molecular formula is C65H85N7O10S3. The summed E-state index contributed by atoms with van der Waals surface area (Å²) in [6.07, 6.45) is 6.39. The minimum atomic E-state index is -3.62. The maximum Gasteiger partial charge on any atom is 0.264 e. The molecule has 10 rings (SSSR count). The highest BCUT2D eigenvalue weighted by Crippen LogP contribution is 2.43. The third-order valence-electron chi connectivity index (χ3n) is 15.6. The van der Waals surface area contributed by atoms with E-state index < -0.39 is 30.1 Å². The molecule has 3 N–H and O–H groups in total. The van der Waals surface area contributed by atoms with E-state index in [1.54, 1.807) is 46.5 Å². The Morgan fingerprint density at radius 3 is 1.33 bits per heavy atom. The molecule has 17 nitrogen and oxygen atoms in total. The molecule has 20 heteroatoms. The molecule has 4 aliphatic rings. The van der Waals surface area contributed by atoms with Crippen molar-refractivity contribution in [1.82, 2.24) is 16.0 Å². The first-order chi connectivity index (χ1) is 40.8. The van der Waals surface area contributed by atoms with Crippen LogP contribution in [0, 0.1) is 20.8 Å². The van der Waals surface area contributed by atoms with Crippen LogP contribution in [0.25, 0.3) is 0 Å². The topological polar surface area (TPSA) is 198 Å². The van der Waals surface area contributed by atoms with Crippen LogP contribution < -0.4 is 28.9 Å². The molecule has 0 radical (unpaired) electrons. The van der Waals surface area contributed by atoms with Crippen molar-refractivity contribution < 1.29 is 44.2 Å². The van der Waals surface area contributed by atoms with E-state index in [9.17, 15) is 25.3 Å². The second kappa shape index (κ2) is 29.5. The number of hydrogen-bond donors (Lipinski definition) is 3. The molecular weight excluding hydrogens is 1130 g/mol. The van der Waals surface area contributed by atoms with Crippen molar-refractivity contribution in [2.75, 3.05) is 100 Å². The summed E-state index contributed by atoms with van der Waals surface area (Å²) < 4.78 is 105. The Labute approximate surface area is 505 Å². The van der Waals surface area contributed by atoms with Crippen LogP contribution in [0.3, 0.4) is 0 Å². The Kier molecular flexibility index (Phi) is 22.5. The largest absolute Gasteiger partial charge is 0.479 e. The van der Waals surface area contributed by atoms with Crippen molar-refractivity contribution in [3.8, 4) is 0 Å². The molecule has 0 amide bonds. The van der Waals surface area contributed by atoms with Gasteiger partial charge in [0.1, 0.15) is 6.61 Å². The predicted molar refractivity (Wildman–Crippen MR) is 339 cm³/mol. The number of rotatable bonds is 21. The van der Waals surface area contributed by atoms with Gasteiger partial charge in [-0.05, 0) is 153 Å². The van der Waals surface area contributed by atoms with Crippen LogP contribution in [0.4, 0.5) is 17.1 Å². The number of sulfonamides is 3. The van der Waals surface area contributed by atoms with Crippen molar-refractivity contribution in [3.63, 3.8) is 0 Å². The quantitative estimate of drug-likeness (QED) is 0.0576. The summed E-state index contributed by atoms with van der Waals surface area (Å²) in [5.74, 6) is 0.908. The highest BCUT2D eigenvalue weighted by Gasteiger charge is 2.38. The van der Waals surface area contributed by atoms with E-state index in [2.05, 4.69) is 20.9 Å². The standard InChI is InChI=1S/C24H31N3O3S.C21H28N2O3S.C20H26N2O4S/c1-18-12-13-20-22(17-18)31(28,29)27(2)21-10-7-6-9-19(21)24(20)26-14-8-4-3-5-11-23-25-15-16-30-23;1-15(2)26-13-7-12-22-21-17-8-5-6-9-19(17)23(4)27(24,25)20-14-16(3)10-11-18(20)21;1-15-8-9-17-19(14-15)27(23,24)22(2)18-7-5-4-6-16(18)20(17)21-10-11-26-13-12-25-3/h6-7,9-10,12-13,17,24,26H,3-5,8,11,14-16H2,1-2H3;5-6,8-11,14-15,21-22H,7,12-13H2,1-4H3;4-9,14,20-21H,10-13H2,1-3H3. The number of aryl methyl sites for hydroxylation is 3. The van der Waals surface area contributed by atoms with Crippen LogP contribution in [-0.2, 0) is 49.0 Å². The SMILES string of the molecule is COCCOCCNC1c2ccccc2N(C)S(=O)(=O)c2cc(C)ccc21.Cc1ccc2c(c1)S(=O)(=O)N(C)c1ccccc1C2NCCCCCCC1=NCCO1.Cc1ccc2c(c1)S(=O)(=O)N(C)c1ccccc1C2NCCCOC(C)C. The van der Waals surface area contributed by atoms with Crippen LogP contribution in [0.15, 0.2) is 147 Å². The molecule has 0 fully saturated rings. The summed E-state index contributed by atoms with van der Waals surface area (Å²) in [5.41, 5.74) is 10.2. The fraction of sp³-hybridized carbons (Fsp3) is 0.431. The van der Waals surface area contributed by atoms with E-state index in [0.717, 1.165) is 126 Å². The van der Waals surface area contributed by atoms with Gasteiger partial charge in [-0.2, -0.15) is 0 Å². The summed E-state index contributed by atoms with van der Waals surface area (Å²) in [5, 5.41) is 10.7. The zero-order valence-corrected chi connectivity index (χ0v) is 53.1. The molecule has 4 aliphatic heterocycles. The van der Waals surface area contributed by atoms with Crippen LogP contribution in [0.2, 0.25) is 0 Å². The van der Waals surface area contributed by atoms with E-state index in [4.69, 9.17) is 18.9 Å². The summed E-state index contributed by atoms with van der Waals surface area (Å²) in [4.78, 5) is 5.44. The number of ether oxygens (including phenoxy) is 4. The minimum absolute atomic E-state index is 0.159. The van der Waals surface area contributed by atoms with E-state index in [1.165, 1.54) is 12.9 Å². The number of nitrogens with zero attached hydrogens (tertiary/aromatic N) is 4. The third kappa shape index (κ3) is 15.3. The fourth-order valence-corrected chi connectivity index (χ4v) is 15.7. The molecule has 85 heavy (non-hydrogen) atoms. The smallest absolute Gasteiger partial charge is 0.264 e. The molecule has 6 aromatic carbocycles. The minimum Gasteiger partial charge on any atom is -0.479 e. The van der Waals surface area contributed by atoms with Gasteiger partial charge in [-0.15, -0.1) is 0 Å². The van der Waals surface area contributed by atoms with Crippen molar-refractivity contribution in [1.29, 1.82) is 0 Å². The normalized spacial score (nSPS) is 18.4. The molecule has 3 atom stereocenters. The Hall–Kier alpha value is -6.20. The maximum absolute atomic E-state index is 13.3. The van der Waals surface area contributed by atoms with Gasteiger partial charge < -0.3 is 34.9 Å². The van der Waals surface area contributed by atoms with E-state index in [0.29, 0.717) is 59.0 Å². The number of methoxy groups -OCH3 is 1. The van der Waals surface area contributed by atoms with Gasteiger partial charge in [-0.1, -0.05) is 104 Å². The summed E-state index contributed by atoms with van der Waals surface area (Å²) >= 11 is 0. The number of para-hydroxylation sites is 3. The molecule has 458 valence electrons. The first kappa shape index (κ1) is 64.8. The van der Waals surface area contributed by atoms with E-state index in [-0.39, 0.29) is 24.2 Å². The van der Waals surface area contributed by atoms with E-state index >= 15 is 0 Å². The third-order valence-corrected chi connectivity index (χ3v) is 21.1. The number of anilines is 3. The van der Waals surface area contributed by atoms with Gasteiger partial charge in [0.05, 0.1) is 82.3 Å². The van der Waals surface area contributed by atoms with Crippen molar-refractivity contribution in [3.05, 3.63) is 177 Å². The number of aliphatic imine (C=N–C) groups is 1. The molecule has 6 aromatic rings. The van der Waals surface area contributed by atoms with Crippen LogP contribution >= 0.6 is 0 Å². The predicted octanol–water partition coefficient (Wildman–Crippen LogP) is 10.3. The van der Waals surface area contributed by atoms with Gasteiger partial charge in [-0.3, -0.25) is 17.9 Å². The number of benzene rings is 6. The lowest BCUT2D eigenvalue weighted by atomic mass is 9.96. The van der Waals surface area contributed by atoms with Gasteiger partial charge in [0.15, 0.2) is 5.90 Å². The molecule has 0 aromatic heterocycles. The van der Waals surface area contributed by atoms with Crippen LogP contribution in [0.5, 0.6) is 0 Å². The zero-order chi connectivity index (χ0) is 60.9. The van der Waals surface area contributed by atoms with Crippen LogP contribution in [0.1, 0.15) is 121 Å². The number of fused-ring (bicyclic) bond motifs is 6. The zero-order valence-electron chi connectivity index (χ0n) is 50.6. The summed E-state index contributed by atoms with van der Waals surface area (Å²) in [7, 11) is -4.32. The first-order valence-electron chi connectivity index (χ1n) is 29.4. The van der Waals surface area contributed by atoms with E-state index in [1.807, 2.05) is 144 Å². The Bertz CT molecular complexity index is 3620. The fourth-order valence-electron chi connectivity index (χ4n) is 11.0. The lowest BCUT2D eigenvalue weighted by Gasteiger charge is -2.22. The lowest BCUT2D eigenvalue weighted by Crippen LogP contribution is -2.27. The maximum atomic E-state index is 13.3. The van der Waals surface area contributed by atoms with Crippen LogP contribution in [-0.4, -0.2) is 125 Å². The molecule has 0 aliphatic carbocycles. The second-order valence-electron chi connectivity index (χ2n) is 22.0. The average Bonchev–Trinajstić information content (AvgIpc) is 3.71. The Balaban J connectivity index is 0.000000167. The van der Waals surface area contributed by atoms with Crippen molar-refractivity contribution in [2.24, 2.45) is 4.99 Å². The number of nitrogens with one attached hydrogen (secondary N) is 3. The van der Waals surface area contributed by atoms with Gasteiger partial charge in [0.25, 0.3) is 30.1 Å². The van der Waals surface area contributed by atoms with Gasteiger partial charge in [0, 0.05) is 47.8 Å². The Morgan fingerprint density at radius 1 is 0.506 bits per heavy atom. The van der Waals surface area contributed by atoms with Gasteiger partial charge >= 0.3 is 0 Å². The highest BCUT2D eigenvalue weighted by molar-refractivity contribution is 7.93. The van der Waals surface area contributed by atoms with Crippen molar-refractivity contribution >= 4 is 53.0 Å².